The predicted molar refractivity (Wildman–Crippen MR) is 296 cm³/mol. The first-order valence-electron chi connectivity index (χ1n) is 26.9. The summed E-state index contributed by atoms with van der Waals surface area (Å²) in [6, 6.07) is 23.8. The van der Waals surface area contributed by atoms with Gasteiger partial charge in [0.25, 0.3) is 0 Å². The van der Waals surface area contributed by atoms with Gasteiger partial charge in [-0.3, -0.25) is 0 Å². The van der Waals surface area contributed by atoms with Gasteiger partial charge in [0, 0.05) is 47.1 Å². The lowest BCUT2D eigenvalue weighted by atomic mass is 9.68. The Hall–Kier alpha value is -5.00. The standard InChI is InChI=1S/2C31H38ClNO4/c2*1-5-27(34)24-11-8-22(24)17-33-18-31(14-6-7-20-15-23(32)10-12-25(20)31)19-36-28-13-9-21(16-26(28)33)29(35)37-30(2,3)4/h2*5,9-10,12-13,15-16,22,24,27,34H,1,6-8,11,14,17-19H2,2-4H3/t22-,24+,27+,31-;22-,24+,27-,31-/m00/s1. The maximum Gasteiger partial charge on any atom is 0.338 e. The van der Waals surface area contributed by atoms with Crippen LogP contribution in [0.1, 0.15) is 136 Å². The summed E-state index contributed by atoms with van der Waals surface area (Å²) in [6.45, 7) is 23.1. The van der Waals surface area contributed by atoms with Crippen LogP contribution in [0.25, 0.3) is 0 Å². The fourth-order valence-electron chi connectivity index (χ4n) is 12.6. The van der Waals surface area contributed by atoms with Crippen LogP contribution in [0.4, 0.5) is 11.4 Å². The SMILES string of the molecule is C=C[C@@H](O)[C@@H]1CC[C@H]1CN1C[C@@]2(CCCc3cc(Cl)ccc32)COc2ccc(C(=O)OC(C)(C)C)cc21.C=C[C@H](O)[C@@H]1CC[C@H]1CN1C[C@@]2(CCCc3cc(Cl)ccc32)COc2ccc(C(=O)OC(C)(C)C)cc21. The summed E-state index contributed by atoms with van der Waals surface area (Å²) in [7, 11) is 0. The second kappa shape index (κ2) is 21.6. The highest BCUT2D eigenvalue weighted by molar-refractivity contribution is 6.31. The van der Waals surface area contributed by atoms with Crippen molar-refractivity contribution in [3.8, 4) is 11.5 Å². The number of nitrogens with zero attached hydrogens (tertiary/aromatic N) is 2. The van der Waals surface area contributed by atoms with Crippen molar-refractivity contribution < 1.29 is 38.7 Å². The Balaban J connectivity index is 0.000000182. The molecule has 2 fully saturated rings. The number of halogens is 2. The van der Waals surface area contributed by atoms with Crippen LogP contribution < -0.4 is 19.3 Å². The lowest BCUT2D eigenvalue weighted by molar-refractivity contribution is 0.00570. The molecule has 2 spiro atoms. The zero-order valence-electron chi connectivity index (χ0n) is 44.3. The molecule has 10 nitrogen and oxygen atoms in total. The third-order valence-electron chi connectivity index (χ3n) is 16.6. The summed E-state index contributed by atoms with van der Waals surface area (Å²) < 4.78 is 24.4. The number of benzene rings is 4. The molecule has 2 heterocycles. The molecule has 10 rings (SSSR count). The number of hydrogen-bond acceptors (Lipinski definition) is 10. The quantitative estimate of drug-likeness (QED) is 0.117. The van der Waals surface area contributed by atoms with Crippen molar-refractivity contribution >= 4 is 46.5 Å². The topological polar surface area (TPSA) is 118 Å². The Morgan fingerprint density at radius 1 is 0.649 bits per heavy atom. The lowest BCUT2D eigenvalue weighted by Gasteiger charge is -2.45. The molecule has 0 radical (unpaired) electrons. The Morgan fingerprint density at radius 2 is 1.05 bits per heavy atom. The van der Waals surface area contributed by atoms with Crippen molar-refractivity contribution in [2.24, 2.45) is 23.7 Å². The molecule has 4 aromatic rings. The van der Waals surface area contributed by atoms with E-state index in [1.54, 1.807) is 24.3 Å². The molecule has 8 atom stereocenters. The number of anilines is 2. The largest absolute Gasteiger partial charge is 0.490 e. The summed E-state index contributed by atoms with van der Waals surface area (Å²) in [6.07, 6.45) is 12.7. The molecule has 0 aromatic heterocycles. The molecule has 6 aliphatic rings. The molecule has 4 aliphatic carbocycles. The Labute approximate surface area is 449 Å². The summed E-state index contributed by atoms with van der Waals surface area (Å²) in [5.41, 5.74) is 6.58. The zero-order valence-corrected chi connectivity index (χ0v) is 45.8. The molecule has 0 unspecified atom stereocenters. The van der Waals surface area contributed by atoms with Gasteiger partial charge in [0.15, 0.2) is 0 Å². The average Bonchev–Trinajstić information content (AvgIpc) is 3.58. The smallest absolute Gasteiger partial charge is 0.338 e. The van der Waals surface area contributed by atoms with Gasteiger partial charge in [0.1, 0.15) is 22.7 Å². The number of carbonyl (C=O) groups is 2. The number of esters is 2. The van der Waals surface area contributed by atoms with E-state index in [1.165, 1.54) is 22.3 Å². The van der Waals surface area contributed by atoms with Crippen LogP contribution in [-0.4, -0.2) is 85.0 Å². The molecule has 12 heteroatoms. The van der Waals surface area contributed by atoms with E-state index >= 15 is 0 Å². The van der Waals surface area contributed by atoms with Crippen molar-refractivity contribution in [2.75, 3.05) is 49.2 Å². The summed E-state index contributed by atoms with van der Waals surface area (Å²) in [5.74, 6) is 1.98. The van der Waals surface area contributed by atoms with Crippen molar-refractivity contribution in [3.63, 3.8) is 0 Å². The maximum absolute atomic E-state index is 13.0. The number of ether oxygens (including phenoxy) is 4. The predicted octanol–water partition coefficient (Wildman–Crippen LogP) is 12.7. The number of rotatable bonds is 10. The number of carbonyl (C=O) groups excluding carboxylic acids is 2. The van der Waals surface area contributed by atoms with Crippen LogP contribution in [0.3, 0.4) is 0 Å². The molecule has 2 N–H and O–H groups in total. The number of aliphatic hydroxyl groups is 2. The van der Waals surface area contributed by atoms with E-state index in [0.717, 1.165) is 123 Å². The summed E-state index contributed by atoms with van der Waals surface area (Å²) in [5, 5.41) is 22.6. The van der Waals surface area contributed by atoms with Gasteiger partial charge in [-0.2, -0.15) is 0 Å². The van der Waals surface area contributed by atoms with Crippen molar-refractivity contribution in [2.45, 2.75) is 140 Å². The van der Waals surface area contributed by atoms with Crippen LogP contribution in [0.15, 0.2) is 98.1 Å². The Kier molecular flexibility index (Phi) is 15.7. The van der Waals surface area contributed by atoms with Gasteiger partial charge >= 0.3 is 11.9 Å². The normalized spacial score (nSPS) is 25.7. The molecule has 74 heavy (non-hydrogen) atoms. The van der Waals surface area contributed by atoms with Gasteiger partial charge in [0.05, 0.1) is 47.9 Å². The molecular formula is C62H76Cl2N2O8. The van der Waals surface area contributed by atoms with E-state index in [-0.39, 0.29) is 34.6 Å². The molecule has 0 saturated heterocycles. The third-order valence-corrected chi connectivity index (χ3v) is 17.0. The van der Waals surface area contributed by atoms with Crippen LogP contribution in [0.2, 0.25) is 10.0 Å². The minimum atomic E-state index is -0.572. The van der Waals surface area contributed by atoms with Gasteiger partial charge in [-0.05, 0) is 212 Å². The van der Waals surface area contributed by atoms with Gasteiger partial charge in [-0.1, -0.05) is 47.5 Å². The molecule has 2 aliphatic heterocycles. The lowest BCUT2D eigenvalue weighted by Crippen LogP contribution is -2.49. The molecule has 396 valence electrons. The second-order valence-electron chi connectivity index (χ2n) is 24.0. The first-order chi connectivity index (χ1) is 35.2. The fraction of sp³-hybridized carbons (Fsp3) is 0.516. The molecular weight excluding hydrogens is 972 g/mol. The first-order valence-corrected chi connectivity index (χ1v) is 27.6. The van der Waals surface area contributed by atoms with Gasteiger partial charge < -0.3 is 39.0 Å². The van der Waals surface area contributed by atoms with Crippen LogP contribution in [-0.2, 0) is 33.1 Å². The number of aliphatic hydroxyl groups excluding tert-OH is 2. The molecule has 4 aromatic carbocycles. The average molecular weight is 1050 g/mol. The van der Waals surface area contributed by atoms with E-state index in [0.29, 0.717) is 36.2 Å². The number of aryl methyl sites for hydroxylation is 2. The van der Waals surface area contributed by atoms with Crippen molar-refractivity contribution in [3.05, 3.63) is 142 Å². The van der Waals surface area contributed by atoms with Gasteiger partial charge in [-0.15, -0.1) is 13.2 Å². The Morgan fingerprint density at radius 3 is 1.41 bits per heavy atom. The maximum atomic E-state index is 13.0. The highest BCUT2D eigenvalue weighted by Crippen LogP contribution is 2.49. The summed E-state index contributed by atoms with van der Waals surface area (Å²) in [4.78, 5) is 30.7. The Bertz CT molecular complexity index is 2560. The monoisotopic (exact) mass is 1050 g/mol. The molecule has 0 bridgehead atoms. The number of fused-ring (bicyclic) bond motifs is 6. The highest BCUT2D eigenvalue weighted by atomic mass is 35.5. The van der Waals surface area contributed by atoms with Crippen LogP contribution in [0.5, 0.6) is 11.5 Å². The van der Waals surface area contributed by atoms with Crippen molar-refractivity contribution in [1.29, 1.82) is 0 Å². The van der Waals surface area contributed by atoms with E-state index < -0.39 is 23.4 Å². The highest BCUT2D eigenvalue weighted by Gasteiger charge is 2.46. The second-order valence-corrected chi connectivity index (χ2v) is 24.9. The molecule has 2 saturated carbocycles. The zero-order chi connectivity index (χ0) is 52.7. The van der Waals surface area contributed by atoms with Gasteiger partial charge in [0.2, 0.25) is 0 Å². The minimum absolute atomic E-state index is 0.181. The third kappa shape index (κ3) is 11.5. The van der Waals surface area contributed by atoms with Crippen LogP contribution in [0, 0.1) is 23.7 Å². The van der Waals surface area contributed by atoms with Crippen LogP contribution >= 0.6 is 23.2 Å². The fourth-order valence-corrected chi connectivity index (χ4v) is 13.0. The molecule has 0 amide bonds. The van der Waals surface area contributed by atoms with Gasteiger partial charge in [-0.25, -0.2) is 9.59 Å². The van der Waals surface area contributed by atoms with Crippen molar-refractivity contribution in [1.82, 2.24) is 0 Å². The van der Waals surface area contributed by atoms with E-state index in [9.17, 15) is 19.8 Å². The minimum Gasteiger partial charge on any atom is -0.490 e. The first kappa shape index (κ1) is 53.8. The summed E-state index contributed by atoms with van der Waals surface area (Å²) >= 11 is 12.7. The van der Waals surface area contributed by atoms with E-state index in [2.05, 4.69) is 47.2 Å². The number of hydrogen-bond donors (Lipinski definition) is 2. The van der Waals surface area contributed by atoms with E-state index in [1.807, 2.05) is 77.9 Å². The van der Waals surface area contributed by atoms with E-state index in [4.69, 9.17) is 42.1 Å².